The molecule has 1 aromatic carbocycles. The molecule has 0 amide bonds. The zero-order valence-electron chi connectivity index (χ0n) is 9.29. The summed E-state index contributed by atoms with van der Waals surface area (Å²) in [4.78, 5) is 4.35. The lowest BCUT2D eigenvalue weighted by Gasteiger charge is -1.99. The van der Waals surface area contributed by atoms with Crippen LogP contribution in [0.3, 0.4) is 0 Å². The zero-order valence-corrected chi connectivity index (χ0v) is 10.1. The molecular weight excluding hydrogens is 234 g/mol. The number of para-hydroxylation sites is 2. The quantitative estimate of drug-likeness (QED) is 0.766. The minimum Gasteiger partial charge on any atom is -0.363 e. The lowest BCUT2D eigenvalue weighted by atomic mass is 10.3. The molecule has 0 spiro atoms. The molecule has 2 aromatic heterocycles. The highest BCUT2D eigenvalue weighted by atomic mass is 32.1. The Morgan fingerprint density at radius 3 is 3.00 bits per heavy atom. The van der Waals surface area contributed by atoms with E-state index in [-0.39, 0.29) is 0 Å². The molecule has 3 aromatic rings. The molecular formula is C11H11N5S. The van der Waals surface area contributed by atoms with Gasteiger partial charge in [0, 0.05) is 7.05 Å². The van der Waals surface area contributed by atoms with Gasteiger partial charge in [0.15, 0.2) is 0 Å². The van der Waals surface area contributed by atoms with Gasteiger partial charge >= 0.3 is 0 Å². The highest BCUT2D eigenvalue weighted by Gasteiger charge is 2.06. The summed E-state index contributed by atoms with van der Waals surface area (Å²) in [5, 5.41) is 12.9. The van der Waals surface area contributed by atoms with Crippen LogP contribution in [0.1, 0.15) is 5.01 Å². The van der Waals surface area contributed by atoms with Crippen molar-refractivity contribution in [3.8, 4) is 0 Å². The third-order valence-corrected chi connectivity index (χ3v) is 3.44. The predicted molar refractivity (Wildman–Crippen MR) is 68.3 cm³/mol. The van der Waals surface area contributed by atoms with Crippen molar-refractivity contribution in [3.05, 3.63) is 35.6 Å². The summed E-state index contributed by atoms with van der Waals surface area (Å²) in [5.41, 5.74) is 2.12. The van der Waals surface area contributed by atoms with Crippen molar-refractivity contribution in [1.29, 1.82) is 0 Å². The van der Waals surface area contributed by atoms with E-state index in [0.717, 1.165) is 21.2 Å². The molecule has 0 unspecified atom stereocenters. The molecule has 0 aliphatic carbocycles. The van der Waals surface area contributed by atoms with Crippen LogP contribution in [-0.2, 0) is 6.54 Å². The number of aromatic nitrogens is 4. The van der Waals surface area contributed by atoms with E-state index in [2.05, 4.69) is 31.1 Å². The van der Waals surface area contributed by atoms with Gasteiger partial charge in [-0.05, 0) is 12.1 Å². The second kappa shape index (κ2) is 4.14. The number of hydrogen-bond acceptors (Lipinski definition) is 5. The first-order valence-corrected chi connectivity index (χ1v) is 6.08. The van der Waals surface area contributed by atoms with E-state index in [1.165, 1.54) is 0 Å². The van der Waals surface area contributed by atoms with Gasteiger partial charge in [-0.1, -0.05) is 23.5 Å². The van der Waals surface area contributed by atoms with E-state index in [9.17, 15) is 0 Å². The lowest BCUT2D eigenvalue weighted by molar-refractivity contribution is 0.800. The monoisotopic (exact) mass is 245 g/mol. The first-order chi connectivity index (χ1) is 8.36. The van der Waals surface area contributed by atoms with Crippen molar-refractivity contribution in [2.24, 2.45) is 0 Å². The summed E-state index contributed by atoms with van der Waals surface area (Å²) in [6.45, 7) is 0.708. The Kier molecular flexibility index (Phi) is 2.49. The van der Waals surface area contributed by atoms with Crippen LogP contribution in [0.5, 0.6) is 0 Å². The molecule has 6 heteroatoms. The second-order valence-corrected chi connectivity index (χ2v) is 4.67. The van der Waals surface area contributed by atoms with Gasteiger partial charge in [0.05, 0.1) is 23.9 Å². The fraction of sp³-hybridized carbons (Fsp3) is 0.182. The summed E-state index contributed by atoms with van der Waals surface area (Å²) in [6, 6.07) is 8.07. The van der Waals surface area contributed by atoms with Gasteiger partial charge < -0.3 is 9.88 Å². The van der Waals surface area contributed by atoms with Crippen LogP contribution < -0.4 is 5.32 Å². The van der Waals surface area contributed by atoms with Gasteiger partial charge in [-0.25, -0.2) is 4.98 Å². The number of anilines is 1. The number of benzene rings is 1. The van der Waals surface area contributed by atoms with Crippen LogP contribution in [0, 0.1) is 0 Å². The van der Waals surface area contributed by atoms with Crippen LogP contribution in [0.25, 0.3) is 11.0 Å². The molecule has 0 saturated carbocycles. The number of fused-ring (bicyclic) bond motifs is 1. The highest BCUT2D eigenvalue weighted by molar-refractivity contribution is 7.15. The van der Waals surface area contributed by atoms with E-state index in [1.54, 1.807) is 11.3 Å². The topological polar surface area (TPSA) is 55.6 Å². The SMILES string of the molecule is CNc1nnc(Cn2cnc3ccccc32)s1. The number of hydrogen-bond donors (Lipinski definition) is 1. The summed E-state index contributed by atoms with van der Waals surface area (Å²) >= 11 is 1.56. The molecule has 5 nitrogen and oxygen atoms in total. The molecule has 0 aliphatic heterocycles. The number of nitrogens with zero attached hydrogens (tertiary/aromatic N) is 4. The van der Waals surface area contributed by atoms with Gasteiger partial charge in [-0.3, -0.25) is 0 Å². The summed E-state index contributed by atoms with van der Waals surface area (Å²) in [7, 11) is 1.84. The van der Waals surface area contributed by atoms with E-state index in [1.807, 2.05) is 31.6 Å². The molecule has 0 fully saturated rings. The van der Waals surface area contributed by atoms with Crippen molar-refractivity contribution in [2.45, 2.75) is 6.54 Å². The molecule has 0 saturated heterocycles. The smallest absolute Gasteiger partial charge is 0.205 e. The Morgan fingerprint density at radius 2 is 2.18 bits per heavy atom. The first-order valence-electron chi connectivity index (χ1n) is 5.27. The van der Waals surface area contributed by atoms with Crippen LogP contribution >= 0.6 is 11.3 Å². The molecule has 0 atom stereocenters. The molecule has 0 aliphatic rings. The third-order valence-electron chi connectivity index (χ3n) is 2.51. The Bertz CT molecular complexity index is 642. The van der Waals surface area contributed by atoms with Gasteiger partial charge in [0.2, 0.25) is 5.13 Å². The summed E-state index contributed by atoms with van der Waals surface area (Å²) < 4.78 is 2.08. The first kappa shape index (κ1) is 10.2. The Balaban J connectivity index is 1.94. The molecule has 17 heavy (non-hydrogen) atoms. The maximum absolute atomic E-state index is 4.35. The van der Waals surface area contributed by atoms with Crippen LogP contribution in [0.2, 0.25) is 0 Å². The number of rotatable bonds is 3. The van der Waals surface area contributed by atoms with E-state index < -0.39 is 0 Å². The number of imidazole rings is 1. The van der Waals surface area contributed by atoms with Crippen LogP contribution in [-0.4, -0.2) is 26.8 Å². The fourth-order valence-electron chi connectivity index (χ4n) is 1.70. The average molecular weight is 245 g/mol. The van der Waals surface area contributed by atoms with E-state index >= 15 is 0 Å². The fourth-order valence-corrected chi connectivity index (χ4v) is 2.39. The summed E-state index contributed by atoms with van der Waals surface area (Å²) in [6.07, 6.45) is 1.84. The van der Waals surface area contributed by atoms with Crippen molar-refractivity contribution < 1.29 is 0 Å². The standard InChI is InChI=1S/C11H11N5S/c1-12-11-15-14-10(17-11)6-16-7-13-8-4-2-3-5-9(8)16/h2-5,7H,6H2,1H3,(H,12,15). The highest BCUT2D eigenvalue weighted by Crippen LogP contribution is 2.18. The Hall–Kier alpha value is -1.95. The Morgan fingerprint density at radius 1 is 1.29 bits per heavy atom. The second-order valence-electron chi connectivity index (χ2n) is 3.61. The molecule has 2 heterocycles. The van der Waals surface area contributed by atoms with Gasteiger partial charge in [-0.2, -0.15) is 0 Å². The third kappa shape index (κ3) is 1.87. The number of nitrogens with one attached hydrogen (secondary N) is 1. The van der Waals surface area contributed by atoms with Gasteiger partial charge in [0.25, 0.3) is 0 Å². The molecule has 1 N–H and O–H groups in total. The van der Waals surface area contributed by atoms with E-state index in [0.29, 0.717) is 6.54 Å². The van der Waals surface area contributed by atoms with Crippen molar-refractivity contribution in [2.75, 3.05) is 12.4 Å². The molecule has 3 rings (SSSR count). The van der Waals surface area contributed by atoms with Crippen molar-refractivity contribution >= 4 is 27.5 Å². The van der Waals surface area contributed by atoms with Crippen molar-refractivity contribution in [1.82, 2.24) is 19.7 Å². The predicted octanol–water partition coefficient (Wildman–Crippen LogP) is 1.98. The summed E-state index contributed by atoms with van der Waals surface area (Å²) in [5.74, 6) is 0. The maximum Gasteiger partial charge on any atom is 0.205 e. The maximum atomic E-state index is 4.35. The largest absolute Gasteiger partial charge is 0.363 e. The minimum atomic E-state index is 0.708. The Labute approximate surface area is 102 Å². The van der Waals surface area contributed by atoms with Crippen molar-refractivity contribution in [3.63, 3.8) is 0 Å². The normalized spacial score (nSPS) is 10.9. The molecule has 0 radical (unpaired) electrons. The van der Waals surface area contributed by atoms with Crippen LogP contribution in [0.15, 0.2) is 30.6 Å². The average Bonchev–Trinajstić information content (AvgIpc) is 2.97. The molecule has 86 valence electrons. The lowest BCUT2D eigenvalue weighted by Crippen LogP contribution is -1.97. The van der Waals surface area contributed by atoms with Crippen LogP contribution in [0.4, 0.5) is 5.13 Å². The van der Waals surface area contributed by atoms with E-state index in [4.69, 9.17) is 0 Å². The zero-order chi connectivity index (χ0) is 11.7. The molecule has 0 bridgehead atoms. The van der Waals surface area contributed by atoms with Gasteiger partial charge in [0.1, 0.15) is 5.01 Å². The van der Waals surface area contributed by atoms with Gasteiger partial charge in [-0.15, -0.1) is 10.2 Å². The minimum absolute atomic E-state index is 0.708.